The first-order chi connectivity index (χ1) is 6.15. The predicted octanol–water partition coefficient (Wildman–Crippen LogP) is 1.48. The molecule has 1 aromatic heterocycles. The third-order valence-corrected chi connectivity index (χ3v) is 2.40. The Hall–Kier alpha value is -0.160. The maximum Gasteiger partial charge on any atom is 0.108 e. The van der Waals surface area contributed by atoms with E-state index in [2.05, 4.69) is 20.9 Å². The van der Waals surface area contributed by atoms with Crippen molar-refractivity contribution in [2.75, 3.05) is 5.88 Å². The molecule has 2 unspecified atom stereocenters. The van der Waals surface area contributed by atoms with Crippen LogP contribution in [0.3, 0.4) is 0 Å². The van der Waals surface area contributed by atoms with Crippen molar-refractivity contribution in [1.82, 2.24) is 4.98 Å². The number of pyridine rings is 1. The minimum atomic E-state index is -0.974. The van der Waals surface area contributed by atoms with Gasteiger partial charge in [0.25, 0.3) is 0 Å². The second-order valence-electron chi connectivity index (χ2n) is 2.58. The summed E-state index contributed by atoms with van der Waals surface area (Å²) in [5.74, 6) is -0.00275. The van der Waals surface area contributed by atoms with Crippen LogP contribution in [-0.4, -0.2) is 27.2 Å². The zero-order valence-electron chi connectivity index (χ0n) is 6.69. The van der Waals surface area contributed by atoms with Crippen molar-refractivity contribution in [2.24, 2.45) is 0 Å². The maximum atomic E-state index is 9.49. The van der Waals surface area contributed by atoms with Crippen LogP contribution in [0.4, 0.5) is 0 Å². The van der Waals surface area contributed by atoms with Crippen molar-refractivity contribution >= 4 is 27.5 Å². The number of aliphatic hydroxyl groups is 2. The summed E-state index contributed by atoms with van der Waals surface area (Å²) in [6.07, 6.45) is -0.437. The molecule has 1 heterocycles. The van der Waals surface area contributed by atoms with Crippen molar-refractivity contribution in [3.05, 3.63) is 28.5 Å². The fraction of sp³-hybridized carbons (Fsp3) is 0.375. The molecule has 1 aromatic rings. The number of aliphatic hydroxyl groups excluding tert-OH is 2. The number of rotatable bonds is 3. The van der Waals surface area contributed by atoms with Gasteiger partial charge in [0.15, 0.2) is 0 Å². The predicted molar refractivity (Wildman–Crippen MR) is 53.6 cm³/mol. The zero-order chi connectivity index (χ0) is 9.84. The molecule has 2 N–H and O–H groups in total. The lowest BCUT2D eigenvalue weighted by molar-refractivity contribution is 0.0325. The molecule has 0 fully saturated rings. The lowest BCUT2D eigenvalue weighted by Gasteiger charge is -2.14. The van der Waals surface area contributed by atoms with Crippen LogP contribution < -0.4 is 0 Å². The summed E-state index contributed by atoms with van der Waals surface area (Å²) >= 11 is 8.56. The second kappa shape index (κ2) is 4.91. The van der Waals surface area contributed by atoms with Crippen LogP contribution in [0.25, 0.3) is 0 Å². The number of alkyl halides is 1. The van der Waals surface area contributed by atoms with E-state index in [1.165, 1.54) is 6.20 Å². The average molecular weight is 267 g/mol. The Bertz CT molecular complexity index is 267. The molecule has 0 aliphatic rings. The van der Waals surface area contributed by atoms with Gasteiger partial charge in [0.2, 0.25) is 0 Å². The number of halogens is 2. The van der Waals surface area contributed by atoms with Gasteiger partial charge in [-0.25, -0.2) is 4.98 Å². The molecule has 0 aliphatic heterocycles. The van der Waals surface area contributed by atoms with E-state index in [4.69, 9.17) is 11.6 Å². The number of hydrogen-bond acceptors (Lipinski definition) is 3. The van der Waals surface area contributed by atoms with Crippen LogP contribution >= 0.6 is 27.5 Å². The minimum absolute atomic E-state index is 0.00275. The Morgan fingerprint density at radius 3 is 2.62 bits per heavy atom. The normalized spacial score (nSPS) is 15.4. The molecule has 0 saturated carbocycles. The van der Waals surface area contributed by atoms with Crippen molar-refractivity contribution in [1.29, 1.82) is 0 Å². The third-order valence-electron chi connectivity index (χ3n) is 1.61. The van der Waals surface area contributed by atoms with Gasteiger partial charge in [-0.2, -0.15) is 0 Å². The summed E-state index contributed by atoms with van der Waals surface area (Å²) < 4.78 is 0.684. The summed E-state index contributed by atoms with van der Waals surface area (Å²) in [6.45, 7) is 0. The van der Waals surface area contributed by atoms with Gasteiger partial charge in [0.1, 0.15) is 10.7 Å². The molecule has 13 heavy (non-hydrogen) atoms. The Morgan fingerprint density at radius 1 is 1.46 bits per heavy atom. The quantitative estimate of drug-likeness (QED) is 0.643. The first-order valence-electron chi connectivity index (χ1n) is 3.68. The van der Waals surface area contributed by atoms with Crippen LogP contribution in [0.1, 0.15) is 11.7 Å². The van der Waals surface area contributed by atoms with Crippen molar-refractivity contribution in [3.8, 4) is 0 Å². The van der Waals surface area contributed by atoms with Crippen LogP contribution in [-0.2, 0) is 0 Å². The Balaban J connectivity index is 2.77. The van der Waals surface area contributed by atoms with E-state index in [-0.39, 0.29) is 5.88 Å². The van der Waals surface area contributed by atoms with E-state index in [0.29, 0.717) is 10.2 Å². The van der Waals surface area contributed by atoms with Crippen LogP contribution in [0.5, 0.6) is 0 Å². The lowest BCUT2D eigenvalue weighted by Crippen LogP contribution is -2.19. The lowest BCUT2D eigenvalue weighted by atomic mass is 10.1. The topological polar surface area (TPSA) is 53.4 Å². The van der Waals surface area contributed by atoms with Gasteiger partial charge in [0, 0.05) is 11.8 Å². The monoisotopic (exact) mass is 265 g/mol. The summed E-state index contributed by atoms with van der Waals surface area (Å²) in [5, 5.41) is 18.7. The maximum absolute atomic E-state index is 9.49. The smallest absolute Gasteiger partial charge is 0.108 e. The number of hydrogen-bond donors (Lipinski definition) is 2. The summed E-state index contributed by atoms with van der Waals surface area (Å²) in [7, 11) is 0. The van der Waals surface area contributed by atoms with E-state index in [1.54, 1.807) is 12.1 Å². The molecule has 1 rings (SSSR count). The molecule has 72 valence electrons. The average Bonchev–Trinajstić information content (AvgIpc) is 2.17. The standard InChI is InChI=1S/C8H9BrClNO2/c9-7-2-1-5(4-11-7)8(13)6(12)3-10/h1-2,4,6,8,12-13H,3H2. The van der Waals surface area contributed by atoms with Crippen LogP contribution in [0.2, 0.25) is 0 Å². The molecule has 2 atom stereocenters. The molecule has 0 spiro atoms. The summed E-state index contributed by atoms with van der Waals surface area (Å²) in [6, 6.07) is 3.37. The molecule has 0 aliphatic carbocycles. The van der Waals surface area contributed by atoms with Crippen LogP contribution in [0, 0.1) is 0 Å². The molecule has 3 nitrogen and oxygen atoms in total. The highest BCUT2D eigenvalue weighted by molar-refractivity contribution is 9.10. The van der Waals surface area contributed by atoms with Gasteiger partial charge in [0.05, 0.1) is 12.0 Å². The van der Waals surface area contributed by atoms with E-state index < -0.39 is 12.2 Å². The van der Waals surface area contributed by atoms with Crippen LogP contribution in [0.15, 0.2) is 22.9 Å². The Morgan fingerprint density at radius 2 is 2.15 bits per heavy atom. The van der Waals surface area contributed by atoms with Gasteiger partial charge in [-0.1, -0.05) is 6.07 Å². The molecule has 0 saturated heterocycles. The summed E-state index contributed by atoms with van der Waals surface area (Å²) in [4.78, 5) is 3.92. The molecule has 0 radical (unpaired) electrons. The van der Waals surface area contributed by atoms with Gasteiger partial charge in [-0.3, -0.25) is 0 Å². The van der Waals surface area contributed by atoms with E-state index in [1.807, 2.05) is 0 Å². The second-order valence-corrected chi connectivity index (χ2v) is 3.70. The third kappa shape index (κ3) is 2.91. The van der Waals surface area contributed by atoms with Crippen molar-refractivity contribution in [3.63, 3.8) is 0 Å². The minimum Gasteiger partial charge on any atom is -0.389 e. The summed E-state index contributed by atoms with van der Waals surface area (Å²) in [5.41, 5.74) is 0.552. The number of aromatic nitrogens is 1. The molecule has 0 aromatic carbocycles. The first kappa shape index (κ1) is 10.9. The Labute approximate surface area is 89.5 Å². The highest BCUT2D eigenvalue weighted by atomic mass is 79.9. The van der Waals surface area contributed by atoms with E-state index >= 15 is 0 Å². The SMILES string of the molecule is OC(CCl)C(O)c1ccc(Br)nc1. The van der Waals surface area contributed by atoms with Gasteiger partial charge >= 0.3 is 0 Å². The highest BCUT2D eigenvalue weighted by Crippen LogP contribution is 2.18. The molecular weight excluding hydrogens is 257 g/mol. The first-order valence-corrected chi connectivity index (χ1v) is 5.01. The fourth-order valence-electron chi connectivity index (χ4n) is 0.869. The van der Waals surface area contributed by atoms with Gasteiger partial charge in [-0.15, -0.1) is 11.6 Å². The fourth-order valence-corrected chi connectivity index (χ4v) is 1.27. The zero-order valence-corrected chi connectivity index (χ0v) is 9.03. The van der Waals surface area contributed by atoms with Crippen molar-refractivity contribution in [2.45, 2.75) is 12.2 Å². The Kier molecular flexibility index (Phi) is 4.12. The van der Waals surface area contributed by atoms with Gasteiger partial charge in [-0.05, 0) is 22.0 Å². The molecule has 0 bridgehead atoms. The largest absolute Gasteiger partial charge is 0.389 e. The van der Waals surface area contributed by atoms with E-state index in [0.717, 1.165) is 0 Å². The van der Waals surface area contributed by atoms with E-state index in [9.17, 15) is 10.2 Å². The number of nitrogens with zero attached hydrogens (tertiary/aromatic N) is 1. The van der Waals surface area contributed by atoms with Crippen molar-refractivity contribution < 1.29 is 10.2 Å². The highest BCUT2D eigenvalue weighted by Gasteiger charge is 2.17. The molecule has 0 amide bonds. The molecular formula is C8H9BrClNO2. The van der Waals surface area contributed by atoms with Gasteiger partial charge < -0.3 is 10.2 Å². The molecule has 5 heteroatoms.